The molecule has 1 aliphatic heterocycles. The number of aromatic amines is 1. The Bertz CT molecular complexity index is 451. The molecule has 0 spiro atoms. The zero-order chi connectivity index (χ0) is 13.0. The lowest BCUT2D eigenvalue weighted by atomic mass is 10.2. The largest absolute Gasteiger partial charge is 0.380 e. The summed E-state index contributed by atoms with van der Waals surface area (Å²) < 4.78 is 6.15. The number of halogens is 1. The maximum Gasteiger partial charge on any atom is 0.280 e. The summed E-state index contributed by atoms with van der Waals surface area (Å²) in [7, 11) is 0. The van der Waals surface area contributed by atoms with Crippen molar-refractivity contribution in [3.05, 3.63) is 21.0 Å². The third kappa shape index (κ3) is 3.30. The van der Waals surface area contributed by atoms with Crippen LogP contribution >= 0.6 is 15.9 Å². The average molecular weight is 317 g/mol. The van der Waals surface area contributed by atoms with E-state index in [2.05, 4.69) is 43.3 Å². The van der Waals surface area contributed by atoms with Crippen molar-refractivity contribution in [3.8, 4) is 0 Å². The first-order valence-electron chi connectivity index (χ1n) is 6.01. The Morgan fingerprint density at radius 1 is 1.72 bits per heavy atom. The maximum absolute atomic E-state index is 11.3. The summed E-state index contributed by atoms with van der Waals surface area (Å²) in [5.41, 5.74) is 0.454. The Balaban J connectivity index is 1.91. The van der Waals surface area contributed by atoms with Crippen molar-refractivity contribution in [1.29, 1.82) is 0 Å². The number of hydrogen-bond donors (Lipinski definition) is 2. The summed E-state index contributed by atoms with van der Waals surface area (Å²) >= 11 is 3.23. The van der Waals surface area contributed by atoms with Crippen LogP contribution in [0.4, 0.5) is 5.69 Å². The molecule has 1 fully saturated rings. The molecule has 2 rings (SSSR count). The van der Waals surface area contributed by atoms with Gasteiger partial charge in [0, 0.05) is 19.6 Å². The first-order valence-corrected chi connectivity index (χ1v) is 6.81. The zero-order valence-corrected chi connectivity index (χ0v) is 11.9. The van der Waals surface area contributed by atoms with E-state index in [0.717, 1.165) is 26.2 Å². The van der Waals surface area contributed by atoms with Gasteiger partial charge < -0.3 is 10.1 Å². The molecule has 1 aliphatic rings. The molecule has 1 saturated heterocycles. The number of nitrogens with zero attached hydrogens (tertiary/aromatic N) is 2. The summed E-state index contributed by atoms with van der Waals surface area (Å²) in [5.74, 6) is 0. The van der Waals surface area contributed by atoms with E-state index in [9.17, 15) is 4.79 Å². The molecule has 2 N–H and O–H groups in total. The molecule has 6 nitrogen and oxygen atoms in total. The Morgan fingerprint density at radius 2 is 2.56 bits per heavy atom. The van der Waals surface area contributed by atoms with Crippen LogP contribution in [0.15, 0.2) is 15.5 Å². The molecule has 0 bridgehead atoms. The van der Waals surface area contributed by atoms with Crippen molar-refractivity contribution >= 4 is 21.6 Å². The Morgan fingerprint density at radius 3 is 3.33 bits per heavy atom. The fraction of sp³-hybridized carbons (Fsp3) is 0.636. The Kier molecular flexibility index (Phi) is 4.73. The van der Waals surface area contributed by atoms with Crippen LogP contribution in [-0.2, 0) is 4.74 Å². The standard InChI is InChI=1S/C11H17BrN4O2/c1-2-16-3-4-18-8(7-16)5-13-9-6-14-15-11(17)10(9)12/h6,8H,2-5,7H2,1H3,(H2,13,15,17). The maximum atomic E-state index is 11.3. The van der Waals surface area contributed by atoms with Crippen molar-refractivity contribution < 1.29 is 4.74 Å². The Labute approximate surface area is 114 Å². The van der Waals surface area contributed by atoms with Crippen LogP contribution in [0, 0.1) is 0 Å². The van der Waals surface area contributed by atoms with Gasteiger partial charge in [0.2, 0.25) is 0 Å². The minimum Gasteiger partial charge on any atom is -0.380 e. The van der Waals surface area contributed by atoms with Crippen LogP contribution in [0.3, 0.4) is 0 Å². The second kappa shape index (κ2) is 6.31. The summed E-state index contributed by atoms with van der Waals surface area (Å²) in [5, 5.41) is 9.31. The van der Waals surface area contributed by atoms with E-state index < -0.39 is 0 Å². The smallest absolute Gasteiger partial charge is 0.280 e. The molecule has 0 amide bonds. The highest BCUT2D eigenvalue weighted by molar-refractivity contribution is 9.10. The van der Waals surface area contributed by atoms with Crippen molar-refractivity contribution in [3.63, 3.8) is 0 Å². The minimum absolute atomic E-state index is 0.143. The fourth-order valence-electron chi connectivity index (χ4n) is 1.92. The van der Waals surface area contributed by atoms with Crippen molar-refractivity contribution in [2.24, 2.45) is 0 Å². The molecule has 0 radical (unpaired) electrons. The predicted molar refractivity (Wildman–Crippen MR) is 72.9 cm³/mol. The molecule has 0 saturated carbocycles. The van der Waals surface area contributed by atoms with E-state index in [1.165, 1.54) is 0 Å². The average Bonchev–Trinajstić information content (AvgIpc) is 2.41. The number of H-pyrrole nitrogens is 1. The lowest BCUT2D eigenvalue weighted by Gasteiger charge is -2.32. The highest BCUT2D eigenvalue weighted by Gasteiger charge is 2.19. The molecule has 1 aromatic heterocycles. The van der Waals surface area contributed by atoms with Crippen LogP contribution in [0.25, 0.3) is 0 Å². The van der Waals surface area contributed by atoms with Gasteiger partial charge in [0.25, 0.3) is 5.56 Å². The van der Waals surface area contributed by atoms with E-state index in [1.807, 2.05) is 0 Å². The summed E-state index contributed by atoms with van der Waals surface area (Å²) in [6.45, 7) is 6.51. The minimum atomic E-state index is -0.236. The van der Waals surface area contributed by atoms with Crippen LogP contribution < -0.4 is 10.9 Å². The third-order valence-electron chi connectivity index (χ3n) is 2.99. The van der Waals surface area contributed by atoms with Gasteiger partial charge in [0.1, 0.15) is 4.47 Å². The molecule has 7 heteroatoms. The molecule has 0 aromatic carbocycles. The van der Waals surface area contributed by atoms with E-state index in [-0.39, 0.29) is 11.7 Å². The molecule has 18 heavy (non-hydrogen) atoms. The van der Waals surface area contributed by atoms with Gasteiger partial charge in [-0.2, -0.15) is 5.10 Å². The number of nitrogens with one attached hydrogen (secondary N) is 2. The number of rotatable bonds is 4. The summed E-state index contributed by atoms with van der Waals surface area (Å²) in [4.78, 5) is 13.7. The van der Waals surface area contributed by atoms with E-state index in [0.29, 0.717) is 16.7 Å². The molecule has 1 aromatic rings. The third-order valence-corrected chi connectivity index (χ3v) is 3.77. The number of anilines is 1. The van der Waals surface area contributed by atoms with Crippen LogP contribution in [0.5, 0.6) is 0 Å². The quantitative estimate of drug-likeness (QED) is 0.854. The number of morpholine rings is 1. The fourth-order valence-corrected chi connectivity index (χ4v) is 2.25. The second-order valence-corrected chi connectivity index (χ2v) is 4.99. The Hall–Kier alpha value is -0.920. The van der Waals surface area contributed by atoms with Crippen molar-refractivity contribution in [2.45, 2.75) is 13.0 Å². The zero-order valence-electron chi connectivity index (χ0n) is 10.3. The highest BCUT2D eigenvalue weighted by Crippen LogP contribution is 2.16. The molecular formula is C11H17BrN4O2. The van der Waals surface area contributed by atoms with Crippen LogP contribution in [0.1, 0.15) is 6.92 Å². The van der Waals surface area contributed by atoms with E-state index in [4.69, 9.17) is 4.74 Å². The highest BCUT2D eigenvalue weighted by atomic mass is 79.9. The second-order valence-electron chi connectivity index (χ2n) is 4.19. The molecule has 100 valence electrons. The molecule has 1 atom stereocenters. The number of likely N-dealkylation sites (N-methyl/N-ethyl adjacent to an activating group) is 1. The first-order chi connectivity index (χ1) is 8.70. The summed E-state index contributed by atoms with van der Waals surface area (Å²) in [6, 6.07) is 0. The summed E-state index contributed by atoms with van der Waals surface area (Å²) in [6.07, 6.45) is 1.73. The molecule has 2 heterocycles. The van der Waals surface area contributed by atoms with E-state index in [1.54, 1.807) is 6.20 Å². The van der Waals surface area contributed by atoms with Crippen molar-refractivity contribution in [1.82, 2.24) is 15.1 Å². The number of hydrogen-bond acceptors (Lipinski definition) is 5. The number of ether oxygens (including phenoxy) is 1. The SMILES string of the molecule is CCN1CCOC(CNc2cn[nH]c(=O)c2Br)C1. The van der Waals surface area contributed by atoms with E-state index >= 15 is 0 Å². The van der Waals surface area contributed by atoms with Gasteiger partial charge in [-0.15, -0.1) is 0 Å². The first kappa shape index (κ1) is 13.5. The van der Waals surface area contributed by atoms with Crippen LogP contribution in [-0.4, -0.2) is 54.0 Å². The van der Waals surface area contributed by atoms with Gasteiger partial charge in [-0.1, -0.05) is 6.92 Å². The monoisotopic (exact) mass is 316 g/mol. The van der Waals surface area contributed by atoms with Crippen LogP contribution in [0.2, 0.25) is 0 Å². The van der Waals surface area contributed by atoms with Gasteiger partial charge in [0.15, 0.2) is 0 Å². The van der Waals surface area contributed by atoms with Gasteiger partial charge in [-0.05, 0) is 22.5 Å². The normalized spacial score (nSPS) is 20.9. The topological polar surface area (TPSA) is 70.2 Å². The predicted octanol–water partition coefficient (Wildman–Crippen LogP) is 0.665. The van der Waals surface area contributed by atoms with Gasteiger partial charge in [0.05, 0.1) is 24.6 Å². The van der Waals surface area contributed by atoms with Gasteiger partial charge >= 0.3 is 0 Å². The molecule has 0 aliphatic carbocycles. The van der Waals surface area contributed by atoms with Gasteiger partial charge in [-0.25, -0.2) is 5.10 Å². The lowest BCUT2D eigenvalue weighted by Crippen LogP contribution is -2.45. The van der Waals surface area contributed by atoms with Gasteiger partial charge in [-0.3, -0.25) is 9.69 Å². The molecule has 1 unspecified atom stereocenters. The molecular weight excluding hydrogens is 300 g/mol. The van der Waals surface area contributed by atoms with Crippen molar-refractivity contribution in [2.75, 3.05) is 38.1 Å². The number of aromatic nitrogens is 2. The lowest BCUT2D eigenvalue weighted by molar-refractivity contribution is -0.0191.